The highest BCUT2D eigenvalue weighted by Crippen LogP contribution is 2.40. The molecule has 1 atom stereocenters. The molecule has 1 aliphatic heterocycles. The number of fused-ring (bicyclic) bond motifs is 1. The van der Waals surface area contributed by atoms with Crippen molar-refractivity contribution in [3.63, 3.8) is 0 Å². The van der Waals surface area contributed by atoms with Crippen LogP contribution in [-0.2, 0) is 0 Å². The van der Waals surface area contributed by atoms with Gasteiger partial charge in [0.05, 0.1) is 5.69 Å². The molecule has 0 saturated carbocycles. The van der Waals surface area contributed by atoms with Gasteiger partial charge in [-0.3, -0.25) is 0 Å². The zero-order valence-electron chi connectivity index (χ0n) is 15.4. The molecule has 3 aromatic rings. The van der Waals surface area contributed by atoms with E-state index >= 15 is 0 Å². The predicted octanol–water partition coefficient (Wildman–Crippen LogP) is 4.15. The van der Waals surface area contributed by atoms with Crippen molar-refractivity contribution in [2.24, 2.45) is 0 Å². The number of aryl methyl sites for hydroxylation is 1. The Morgan fingerprint density at radius 3 is 2.81 bits per heavy atom. The highest BCUT2D eigenvalue weighted by molar-refractivity contribution is 7.19. The van der Waals surface area contributed by atoms with Crippen LogP contribution in [0.5, 0.6) is 5.75 Å². The lowest BCUT2D eigenvalue weighted by Gasteiger charge is -2.25. The second-order valence-electron chi connectivity index (χ2n) is 7.07. The Morgan fingerprint density at radius 1 is 1.19 bits per heavy atom. The van der Waals surface area contributed by atoms with Crippen LogP contribution in [0.15, 0.2) is 18.2 Å². The van der Waals surface area contributed by atoms with Gasteiger partial charge in [0.2, 0.25) is 0 Å². The number of rotatable bonds is 3. The second-order valence-corrected chi connectivity index (χ2v) is 8.35. The lowest BCUT2D eigenvalue weighted by Crippen LogP contribution is -2.38. The quantitative estimate of drug-likeness (QED) is 0.648. The van der Waals surface area contributed by atoms with Gasteiger partial charge in [-0.1, -0.05) is 0 Å². The lowest BCUT2D eigenvalue weighted by atomic mass is 10.0. The molecule has 0 bridgehead atoms. The highest BCUT2D eigenvalue weighted by atomic mass is 32.1. The standard InChI is InChI=1S/C20H24N4OS/c1-11-9-16-17(26-11)7-6-15(19(16)25)18-12(2)13(3)20(24-23-18)22-14-5-4-8-21-10-14/h6-7,9,14,21,25H,4-5,8,10H2,1-3H3,(H,22,24)/t14-/m1/s1. The van der Waals surface area contributed by atoms with Gasteiger partial charge in [0.25, 0.3) is 0 Å². The fraction of sp³-hybridized carbons (Fsp3) is 0.400. The van der Waals surface area contributed by atoms with Crippen LogP contribution < -0.4 is 10.6 Å². The minimum Gasteiger partial charge on any atom is -0.507 e. The van der Waals surface area contributed by atoms with Crippen LogP contribution in [0.4, 0.5) is 5.82 Å². The normalized spacial score (nSPS) is 17.6. The Hall–Kier alpha value is -2.18. The number of aromatic hydroxyl groups is 1. The van der Waals surface area contributed by atoms with Crippen molar-refractivity contribution >= 4 is 27.2 Å². The molecular formula is C20H24N4OS. The number of hydrogen-bond donors (Lipinski definition) is 3. The Balaban J connectivity index is 1.71. The van der Waals surface area contributed by atoms with E-state index in [0.717, 1.165) is 57.8 Å². The maximum atomic E-state index is 10.8. The summed E-state index contributed by atoms with van der Waals surface area (Å²) in [7, 11) is 0. The molecule has 5 nitrogen and oxygen atoms in total. The Kier molecular flexibility index (Phi) is 4.54. The van der Waals surface area contributed by atoms with Gasteiger partial charge in [-0.05, 0) is 69.5 Å². The molecule has 1 aromatic carbocycles. The first-order valence-electron chi connectivity index (χ1n) is 9.08. The summed E-state index contributed by atoms with van der Waals surface area (Å²) in [6.45, 7) is 8.21. The van der Waals surface area contributed by atoms with E-state index in [1.807, 2.05) is 19.1 Å². The molecule has 6 heteroatoms. The summed E-state index contributed by atoms with van der Waals surface area (Å²) < 4.78 is 1.09. The number of benzene rings is 1. The lowest BCUT2D eigenvalue weighted by molar-refractivity contribution is 0.478. The van der Waals surface area contributed by atoms with Crippen LogP contribution in [-0.4, -0.2) is 34.4 Å². The Labute approximate surface area is 157 Å². The van der Waals surface area contributed by atoms with Crippen molar-refractivity contribution in [3.8, 4) is 17.0 Å². The predicted molar refractivity (Wildman–Crippen MR) is 108 cm³/mol. The van der Waals surface area contributed by atoms with E-state index in [0.29, 0.717) is 11.8 Å². The number of piperidine rings is 1. The molecule has 136 valence electrons. The van der Waals surface area contributed by atoms with Gasteiger partial charge in [-0.25, -0.2) is 0 Å². The molecule has 1 aliphatic rings. The van der Waals surface area contributed by atoms with Crippen LogP contribution in [0, 0.1) is 20.8 Å². The molecular weight excluding hydrogens is 344 g/mol. The molecule has 0 unspecified atom stereocenters. The number of nitrogens with zero attached hydrogens (tertiary/aromatic N) is 2. The van der Waals surface area contributed by atoms with Crippen molar-refractivity contribution in [2.45, 2.75) is 39.7 Å². The summed E-state index contributed by atoms with van der Waals surface area (Å²) in [6, 6.07) is 6.42. The van der Waals surface area contributed by atoms with Crippen molar-refractivity contribution < 1.29 is 5.11 Å². The average Bonchev–Trinajstić information content (AvgIpc) is 3.03. The molecule has 2 aromatic heterocycles. The average molecular weight is 369 g/mol. The maximum Gasteiger partial charge on any atom is 0.152 e. The Bertz CT molecular complexity index is 960. The first-order chi connectivity index (χ1) is 12.5. The Morgan fingerprint density at radius 2 is 2.04 bits per heavy atom. The first-order valence-corrected chi connectivity index (χ1v) is 9.90. The van der Waals surface area contributed by atoms with Gasteiger partial charge in [0.15, 0.2) is 5.82 Å². The largest absolute Gasteiger partial charge is 0.507 e. The van der Waals surface area contributed by atoms with Gasteiger partial charge < -0.3 is 15.7 Å². The number of thiophene rings is 1. The number of phenolic OH excluding ortho intramolecular Hbond substituents is 1. The van der Waals surface area contributed by atoms with Gasteiger partial charge >= 0.3 is 0 Å². The van der Waals surface area contributed by atoms with Crippen LogP contribution >= 0.6 is 11.3 Å². The summed E-state index contributed by atoms with van der Waals surface area (Å²) >= 11 is 1.69. The third-order valence-electron chi connectivity index (χ3n) is 5.21. The van der Waals surface area contributed by atoms with Crippen molar-refractivity contribution in [2.75, 3.05) is 18.4 Å². The van der Waals surface area contributed by atoms with Gasteiger partial charge in [0, 0.05) is 33.1 Å². The number of nitrogens with one attached hydrogen (secondary N) is 2. The van der Waals surface area contributed by atoms with Crippen molar-refractivity contribution in [1.29, 1.82) is 0 Å². The second kappa shape index (κ2) is 6.85. The SMILES string of the molecule is Cc1cc2c(O)c(-c3nnc(N[C@@H]4CCCNC4)c(C)c3C)ccc2s1. The zero-order chi connectivity index (χ0) is 18.3. The van der Waals surface area contributed by atoms with E-state index in [1.54, 1.807) is 11.3 Å². The van der Waals surface area contributed by atoms with Gasteiger partial charge in [-0.15, -0.1) is 21.5 Å². The number of anilines is 1. The summed E-state index contributed by atoms with van der Waals surface area (Å²) in [4.78, 5) is 1.19. The van der Waals surface area contributed by atoms with Crippen LogP contribution in [0.1, 0.15) is 28.8 Å². The van der Waals surface area contributed by atoms with E-state index in [-0.39, 0.29) is 0 Å². The topological polar surface area (TPSA) is 70.1 Å². The van der Waals surface area contributed by atoms with Crippen molar-refractivity contribution in [3.05, 3.63) is 34.2 Å². The molecule has 26 heavy (non-hydrogen) atoms. The summed E-state index contributed by atoms with van der Waals surface area (Å²) in [5.41, 5.74) is 3.63. The maximum absolute atomic E-state index is 10.8. The van der Waals surface area contributed by atoms with E-state index in [2.05, 4.69) is 40.7 Å². The number of hydrogen-bond acceptors (Lipinski definition) is 6. The summed E-state index contributed by atoms with van der Waals surface area (Å²) in [5.74, 6) is 1.13. The molecule has 1 fully saturated rings. The van der Waals surface area contributed by atoms with Crippen molar-refractivity contribution in [1.82, 2.24) is 15.5 Å². The number of aromatic nitrogens is 2. The third-order valence-corrected chi connectivity index (χ3v) is 6.23. The number of phenols is 1. The molecule has 0 spiro atoms. The molecule has 3 heterocycles. The van der Waals surface area contributed by atoms with Gasteiger partial charge in [-0.2, -0.15) is 0 Å². The minimum atomic E-state index is 0.292. The van der Waals surface area contributed by atoms with Crippen LogP contribution in [0.25, 0.3) is 21.3 Å². The third kappa shape index (κ3) is 3.04. The summed E-state index contributed by atoms with van der Waals surface area (Å²) in [6.07, 6.45) is 2.32. The molecule has 0 aliphatic carbocycles. The first kappa shape index (κ1) is 17.2. The van der Waals surface area contributed by atoms with Crippen LogP contribution in [0.3, 0.4) is 0 Å². The van der Waals surface area contributed by atoms with Crippen LogP contribution in [0.2, 0.25) is 0 Å². The monoisotopic (exact) mass is 368 g/mol. The summed E-state index contributed by atoms with van der Waals surface area (Å²) in [5, 5.41) is 27.5. The fourth-order valence-electron chi connectivity index (χ4n) is 3.58. The molecule has 1 saturated heterocycles. The van der Waals surface area contributed by atoms with E-state index < -0.39 is 0 Å². The van der Waals surface area contributed by atoms with Gasteiger partial charge in [0.1, 0.15) is 5.75 Å². The molecule has 3 N–H and O–H groups in total. The molecule has 0 amide bonds. The fourth-order valence-corrected chi connectivity index (χ4v) is 4.51. The highest BCUT2D eigenvalue weighted by Gasteiger charge is 2.19. The smallest absolute Gasteiger partial charge is 0.152 e. The zero-order valence-corrected chi connectivity index (χ0v) is 16.2. The van der Waals surface area contributed by atoms with E-state index in [4.69, 9.17) is 0 Å². The molecule has 0 radical (unpaired) electrons. The minimum absolute atomic E-state index is 0.292. The van der Waals surface area contributed by atoms with E-state index in [1.165, 1.54) is 11.3 Å². The molecule has 4 rings (SSSR count). The van der Waals surface area contributed by atoms with E-state index in [9.17, 15) is 5.11 Å².